The van der Waals surface area contributed by atoms with Crippen LogP contribution >= 0.6 is 0 Å². The molecule has 0 unspecified atom stereocenters. The van der Waals surface area contributed by atoms with Crippen molar-refractivity contribution in [1.82, 2.24) is 4.90 Å². The normalized spacial score (nSPS) is 15.0. The van der Waals surface area contributed by atoms with Gasteiger partial charge in [0, 0.05) is 13.1 Å². The van der Waals surface area contributed by atoms with Crippen molar-refractivity contribution in [3.63, 3.8) is 0 Å². The third-order valence-corrected chi connectivity index (χ3v) is 6.37. The van der Waals surface area contributed by atoms with Crippen molar-refractivity contribution in [3.8, 4) is 5.75 Å². The molecular weight excluding hydrogens is 434 g/mol. The van der Waals surface area contributed by atoms with E-state index < -0.39 is 22.0 Å². The molecule has 0 aromatic heterocycles. The molecule has 2 amide bonds. The van der Waals surface area contributed by atoms with Gasteiger partial charge in [0.2, 0.25) is 15.9 Å². The van der Waals surface area contributed by atoms with Gasteiger partial charge < -0.3 is 19.7 Å². The van der Waals surface area contributed by atoms with E-state index in [1.807, 2.05) is 0 Å². The van der Waals surface area contributed by atoms with Crippen molar-refractivity contribution in [3.05, 3.63) is 54.1 Å². The number of nitrogens with zero attached hydrogens (tertiary/aromatic N) is 2. The number of carbonyl (C=O) groups is 2. The molecular formula is C22H27N3O6S. The predicted molar refractivity (Wildman–Crippen MR) is 122 cm³/mol. The van der Waals surface area contributed by atoms with Crippen molar-refractivity contribution >= 4 is 33.2 Å². The van der Waals surface area contributed by atoms with Gasteiger partial charge in [-0.1, -0.05) is 12.1 Å². The average molecular weight is 462 g/mol. The van der Waals surface area contributed by atoms with Crippen LogP contribution in [0.2, 0.25) is 0 Å². The second-order valence-corrected chi connectivity index (χ2v) is 9.23. The van der Waals surface area contributed by atoms with Gasteiger partial charge in [0.05, 0.1) is 43.5 Å². The Bertz CT molecular complexity index is 1070. The smallest absolute Gasteiger partial charge is 0.256 e. The molecule has 1 fully saturated rings. The van der Waals surface area contributed by atoms with Gasteiger partial charge in [-0.25, -0.2) is 8.42 Å². The van der Waals surface area contributed by atoms with Crippen LogP contribution in [0.5, 0.6) is 5.75 Å². The van der Waals surface area contributed by atoms with Gasteiger partial charge in [0.15, 0.2) is 0 Å². The molecule has 0 bridgehead atoms. The van der Waals surface area contributed by atoms with E-state index in [-0.39, 0.29) is 5.91 Å². The second-order valence-electron chi connectivity index (χ2n) is 7.37. The van der Waals surface area contributed by atoms with Crippen LogP contribution in [0.15, 0.2) is 48.5 Å². The summed E-state index contributed by atoms with van der Waals surface area (Å²) in [4.78, 5) is 27.7. The van der Waals surface area contributed by atoms with E-state index in [0.717, 1.165) is 10.6 Å². The van der Waals surface area contributed by atoms with Crippen molar-refractivity contribution in [2.45, 2.75) is 13.0 Å². The Balaban J connectivity index is 1.84. The molecule has 9 nitrogen and oxygen atoms in total. The number of nitrogens with one attached hydrogen (secondary N) is 1. The zero-order chi connectivity index (χ0) is 23.3. The Kier molecular flexibility index (Phi) is 7.37. The molecule has 2 aromatic carbocycles. The molecule has 0 radical (unpaired) electrons. The number of anilines is 2. The minimum Gasteiger partial charge on any atom is -0.497 e. The first-order valence-electron chi connectivity index (χ1n) is 10.1. The molecule has 1 N–H and O–H groups in total. The van der Waals surface area contributed by atoms with Crippen LogP contribution in [0.3, 0.4) is 0 Å². The monoisotopic (exact) mass is 461 g/mol. The maximum absolute atomic E-state index is 13.1. The van der Waals surface area contributed by atoms with Crippen molar-refractivity contribution in [2.24, 2.45) is 0 Å². The Morgan fingerprint density at radius 3 is 2.31 bits per heavy atom. The summed E-state index contributed by atoms with van der Waals surface area (Å²) in [6.07, 6.45) is 1.04. The molecule has 0 aliphatic carbocycles. The maximum atomic E-state index is 13.1. The van der Waals surface area contributed by atoms with Gasteiger partial charge in [-0.2, -0.15) is 0 Å². The number of morpholine rings is 1. The number of carbonyl (C=O) groups excluding carboxylic acids is 2. The molecule has 1 aliphatic heterocycles. The van der Waals surface area contributed by atoms with Crippen LogP contribution in [-0.2, 0) is 19.6 Å². The van der Waals surface area contributed by atoms with Crippen LogP contribution in [0.1, 0.15) is 17.3 Å². The number of ether oxygens (including phenoxy) is 2. The minimum atomic E-state index is -3.78. The Morgan fingerprint density at radius 1 is 1.09 bits per heavy atom. The van der Waals surface area contributed by atoms with E-state index in [0.29, 0.717) is 49.0 Å². The Labute approximate surface area is 188 Å². The molecule has 3 rings (SSSR count). The highest BCUT2D eigenvalue weighted by atomic mass is 32.2. The van der Waals surface area contributed by atoms with Crippen LogP contribution in [0.25, 0.3) is 0 Å². The highest BCUT2D eigenvalue weighted by Gasteiger charge is 2.30. The van der Waals surface area contributed by atoms with E-state index in [2.05, 4.69) is 5.32 Å². The van der Waals surface area contributed by atoms with Gasteiger partial charge in [-0.3, -0.25) is 13.9 Å². The van der Waals surface area contributed by atoms with Gasteiger partial charge in [-0.05, 0) is 43.3 Å². The Hall–Kier alpha value is -3.11. The minimum absolute atomic E-state index is 0.216. The molecule has 1 saturated heterocycles. The van der Waals surface area contributed by atoms with E-state index >= 15 is 0 Å². The summed E-state index contributed by atoms with van der Waals surface area (Å²) in [5.41, 5.74) is 0.989. The van der Waals surface area contributed by atoms with Crippen LogP contribution < -0.4 is 14.4 Å². The standard InChI is InChI=1S/C22H27N3O6S/c1-16(25(32(3,28)29)17-8-10-18(30-2)11-9-17)21(26)23-20-7-5-4-6-19(20)22(27)24-12-14-31-15-13-24/h4-11,16H,12-15H2,1-3H3,(H,23,26)/t16-/m0/s1. The first-order chi connectivity index (χ1) is 15.2. The number of benzene rings is 2. The van der Waals surface area contributed by atoms with Crippen molar-refractivity contribution in [2.75, 3.05) is 49.3 Å². The van der Waals surface area contributed by atoms with Gasteiger partial charge in [0.25, 0.3) is 5.91 Å². The number of amides is 2. The van der Waals surface area contributed by atoms with Crippen molar-refractivity contribution in [1.29, 1.82) is 0 Å². The molecule has 1 atom stereocenters. The van der Waals surface area contributed by atoms with Crippen LogP contribution in [-0.4, -0.2) is 70.8 Å². The maximum Gasteiger partial charge on any atom is 0.256 e. The number of hydrogen-bond donors (Lipinski definition) is 1. The summed E-state index contributed by atoms with van der Waals surface area (Å²) in [5.74, 6) is -0.213. The van der Waals surface area contributed by atoms with Crippen LogP contribution in [0, 0.1) is 0 Å². The quantitative estimate of drug-likeness (QED) is 0.676. The third-order valence-electron chi connectivity index (χ3n) is 5.13. The number of para-hydroxylation sites is 1. The lowest BCUT2D eigenvalue weighted by Gasteiger charge is -2.29. The number of rotatable bonds is 7. The molecule has 10 heteroatoms. The summed E-state index contributed by atoms with van der Waals surface area (Å²) in [6, 6.07) is 12.0. The SMILES string of the molecule is COc1ccc(N([C@@H](C)C(=O)Nc2ccccc2C(=O)N2CCOCC2)S(C)(=O)=O)cc1. The van der Waals surface area contributed by atoms with E-state index in [9.17, 15) is 18.0 Å². The molecule has 0 saturated carbocycles. The van der Waals surface area contributed by atoms with Gasteiger partial charge in [0.1, 0.15) is 11.8 Å². The first-order valence-corrected chi connectivity index (χ1v) is 12.0. The van der Waals surface area contributed by atoms with E-state index in [1.54, 1.807) is 53.4 Å². The molecule has 172 valence electrons. The Morgan fingerprint density at radius 2 is 1.72 bits per heavy atom. The first kappa shape index (κ1) is 23.6. The molecule has 2 aromatic rings. The predicted octanol–water partition coefficient (Wildman–Crippen LogP) is 1.96. The third kappa shape index (κ3) is 5.38. The molecule has 32 heavy (non-hydrogen) atoms. The van der Waals surface area contributed by atoms with E-state index in [4.69, 9.17) is 9.47 Å². The largest absolute Gasteiger partial charge is 0.497 e. The average Bonchev–Trinajstić information content (AvgIpc) is 2.79. The van der Waals surface area contributed by atoms with E-state index in [1.165, 1.54) is 14.0 Å². The van der Waals surface area contributed by atoms with Crippen LogP contribution in [0.4, 0.5) is 11.4 Å². The number of methoxy groups -OCH3 is 1. The van der Waals surface area contributed by atoms with Crippen molar-refractivity contribution < 1.29 is 27.5 Å². The lowest BCUT2D eigenvalue weighted by atomic mass is 10.1. The fraction of sp³-hybridized carbons (Fsp3) is 0.364. The second kappa shape index (κ2) is 10.0. The number of sulfonamides is 1. The highest BCUT2D eigenvalue weighted by molar-refractivity contribution is 7.92. The fourth-order valence-corrected chi connectivity index (χ4v) is 4.67. The highest BCUT2D eigenvalue weighted by Crippen LogP contribution is 2.25. The molecule has 1 heterocycles. The topological polar surface area (TPSA) is 105 Å². The zero-order valence-electron chi connectivity index (χ0n) is 18.3. The summed E-state index contributed by atoms with van der Waals surface area (Å²) < 4.78 is 36.5. The fourth-order valence-electron chi connectivity index (χ4n) is 3.49. The molecule has 1 aliphatic rings. The summed E-state index contributed by atoms with van der Waals surface area (Å²) in [5, 5.41) is 2.73. The van der Waals surface area contributed by atoms with Gasteiger partial charge >= 0.3 is 0 Å². The zero-order valence-corrected chi connectivity index (χ0v) is 19.1. The lowest BCUT2D eigenvalue weighted by molar-refractivity contribution is -0.116. The summed E-state index contributed by atoms with van der Waals surface area (Å²) in [6.45, 7) is 3.35. The lowest BCUT2D eigenvalue weighted by Crippen LogP contribution is -2.45. The van der Waals surface area contributed by atoms with Gasteiger partial charge in [-0.15, -0.1) is 0 Å². The summed E-state index contributed by atoms with van der Waals surface area (Å²) in [7, 11) is -2.27. The molecule has 0 spiro atoms. The number of hydrogen-bond acceptors (Lipinski definition) is 6. The summed E-state index contributed by atoms with van der Waals surface area (Å²) >= 11 is 0.